The van der Waals surface area contributed by atoms with E-state index in [1.165, 1.54) is 74.8 Å². The Balaban J connectivity index is 1.04. The van der Waals surface area contributed by atoms with Crippen molar-refractivity contribution in [3.8, 4) is 21.1 Å². The number of benzene rings is 2. The first kappa shape index (κ1) is 29.7. The van der Waals surface area contributed by atoms with Crippen molar-refractivity contribution in [1.82, 2.24) is 10.2 Å². The summed E-state index contributed by atoms with van der Waals surface area (Å²) in [6, 6.07) is 15.5. The molecule has 2 aliphatic rings. The molecular formula is C33H43N3O4S. The second kappa shape index (κ2) is 14.9. The smallest absolute Gasteiger partial charge is 0.335 e. The molecule has 0 spiro atoms. The van der Waals surface area contributed by atoms with Gasteiger partial charge >= 0.3 is 5.97 Å². The van der Waals surface area contributed by atoms with Crippen molar-refractivity contribution in [1.29, 1.82) is 0 Å². The van der Waals surface area contributed by atoms with Crippen molar-refractivity contribution in [3.05, 3.63) is 54.1 Å². The number of methoxy groups -OCH3 is 1. The van der Waals surface area contributed by atoms with Gasteiger partial charge in [-0.3, -0.25) is 0 Å². The van der Waals surface area contributed by atoms with E-state index in [2.05, 4.69) is 39.4 Å². The summed E-state index contributed by atoms with van der Waals surface area (Å²) in [5.41, 5.74) is 3.48. The van der Waals surface area contributed by atoms with Gasteiger partial charge in [0, 0.05) is 50.2 Å². The van der Waals surface area contributed by atoms with Crippen LogP contribution < -0.4 is 4.90 Å². The zero-order chi connectivity index (χ0) is 28.4. The average molecular weight is 578 g/mol. The number of hydrogen-bond acceptors (Lipinski definition) is 7. The standard InChI is InChI=1S/C33H43N3O4S/c1-39-22-4-2-3-5-23-40-30-16-12-24(13-17-30)25-18-20-36(21-19-25)29-14-10-27(11-15-29)32-35-34-31(41-32)26-6-8-28(9-7-26)33(37)38/h6-11,14-15,24-25,30H,2-5,12-13,16-23H2,1H3,(H,37,38). The van der Waals surface area contributed by atoms with Crippen LogP contribution >= 0.6 is 11.3 Å². The number of rotatable bonds is 13. The third-order valence-electron chi connectivity index (χ3n) is 8.80. The van der Waals surface area contributed by atoms with Crippen LogP contribution in [-0.2, 0) is 9.47 Å². The number of carboxylic acid groups (broad SMARTS) is 1. The maximum Gasteiger partial charge on any atom is 0.335 e. The van der Waals surface area contributed by atoms with Crippen molar-refractivity contribution < 1.29 is 19.4 Å². The van der Waals surface area contributed by atoms with Crippen LogP contribution in [0.1, 0.15) is 74.6 Å². The van der Waals surface area contributed by atoms with Gasteiger partial charge in [-0.05, 0) is 99.6 Å². The fraction of sp³-hybridized carbons (Fsp3) is 0.545. The lowest BCUT2D eigenvalue weighted by Crippen LogP contribution is -2.37. The molecule has 5 rings (SSSR count). The minimum Gasteiger partial charge on any atom is -0.478 e. The maximum atomic E-state index is 11.1. The summed E-state index contributed by atoms with van der Waals surface area (Å²) in [5.74, 6) is 0.777. The Morgan fingerprint density at radius 1 is 0.805 bits per heavy atom. The Morgan fingerprint density at radius 2 is 1.37 bits per heavy atom. The molecule has 1 saturated heterocycles. The van der Waals surface area contributed by atoms with E-state index in [0.29, 0.717) is 6.10 Å². The van der Waals surface area contributed by atoms with E-state index in [1.807, 2.05) is 0 Å². The maximum absolute atomic E-state index is 11.1. The van der Waals surface area contributed by atoms with Gasteiger partial charge in [0.05, 0.1) is 11.7 Å². The number of anilines is 1. The third-order valence-corrected chi connectivity index (χ3v) is 9.83. The van der Waals surface area contributed by atoms with E-state index in [-0.39, 0.29) is 5.56 Å². The van der Waals surface area contributed by atoms with Gasteiger partial charge in [0.15, 0.2) is 0 Å². The molecule has 2 aromatic carbocycles. The number of unbranched alkanes of at least 4 members (excludes halogenated alkanes) is 3. The van der Waals surface area contributed by atoms with Gasteiger partial charge in [-0.25, -0.2) is 4.79 Å². The molecule has 2 fully saturated rings. The number of aromatic carboxylic acids is 1. The fourth-order valence-corrected chi connectivity index (χ4v) is 7.19. The van der Waals surface area contributed by atoms with E-state index in [1.54, 1.807) is 31.4 Å². The van der Waals surface area contributed by atoms with E-state index >= 15 is 0 Å². The molecule has 0 atom stereocenters. The first-order valence-electron chi connectivity index (χ1n) is 15.2. The molecular weight excluding hydrogens is 534 g/mol. The largest absolute Gasteiger partial charge is 0.478 e. The van der Waals surface area contributed by atoms with Gasteiger partial charge < -0.3 is 19.5 Å². The number of ether oxygens (including phenoxy) is 2. The molecule has 41 heavy (non-hydrogen) atoms. The number of carbonyl (C=O) groups is 1. The van der Waals surface area contributed by atoms with Crippen LogP contribution in [0.3, 0.4) is 0 Å². The monoisotopic (exact) mass is 577 g/mol. The predicted octanol–water partition coefficient (Wildman–Crippen LogP) is 7.57. The summed E-state index contributed by atoms with van der Waals surface area (Å²) in [7, 11) is 1.77. The molecule has 3 aromatic rings. The van der Waals surface area contributed by atoms with Gasteiger partial charge in [-0.2, -0.15) is 0 Å². The number of nitrogens with zero attached hydrogens (tertiary/aromatic N) is 3. The van der Waals surface area contributed by atoms with Gasteiger partial charge in [0.25, 0.3) is 0 Å². The molecule has 220 valence electrons. The van der Waals surface area contributed by atoms with Crippen LogP contribution in [0, 0.1) is 11.8 Å². The van der Waals surface area contributed by atoms with E-state index < -0.39 is 5.97 Å². The number of piperidine rings is 1. The molecule has 1 N–H and O–H groups in total. The first-order valence-corrected chi connectivity index (χ1v) is 16.1. The van der Waals surface area contributed by atoms with E-state index in [9.17, 15) is 4.79 Å². The summed E-state index contributed by atoms with van der Waals surface area (Å²) in [6.45, 7) is 4.04. The summed E-state index contributed by atoms with van der Waals surface area (Å²) in [5, 5.41) is 19.5. The highest BCUT2D eigenvalue weighted by Crippen LogP contribution is 2.38. The second-order valence-electron chi connectivity index (χ2n) is 11.5. The van der Waals surface area contributed by atoms with E-state index in [4.69, 9.17) is 14.6 Å². The third kappa shape index (κ3) is 8.15. The number of carboxylic acids is 1. The molecule has 1 aliphatic heterocycles. The predicted molar refractivity (Wildman–Crippen MR) is 165 cm³/mol. The Labute approximate surface area is 247 Å². The summed E-state index contributed by atoms with van der Waals surface area (Å²) in [6.07, 6.45) is 13.0. The SMILES string of the molecule is COCCCCCCOC1CCC(C2CCN(c3ccc(-c4nnc(-c5ccc(C(=O)O)cc5)s4)cc3)CC2)CC1. The van der Waals surface area contributed by atoms with Crippen molar-refractivity contribution in [2.75, 3.05) is 38.3 Å². The van der Waals surface area contributed by atoms with Crippen molar-refractivity contribution >= 4 is 23.0 Å². The van der Waals surface area contributed by atoms with Crippen LogP contribution in [0.4, 0.5) is 5.69 Å². The quantitative estimate of drug-likeness (QED) is 0.210. The molecule has 0 bridgehead atoms. The highest BCUT2D eigenvalue weighted by molar-refractivity contribution is 7.17. The number of hydrogen-bond donors (Lipinski definition) is 1. The lowest BCUT2D eigenvalue weighted by Gasteiger charge is -2.40. The lowest BCUT2D eigenvalue weighted by molar-refractivity contribution is 0.00752. The topological polar surface area (TPSA) is 84.8 Å². The summed E-state index contributed by atoms with van der Waals surface area (Å²) < 4.78 is 11.3. The molecule has 7 nitrogen and oxygen atoms in total. The van der Waals surface area contributed by atoms with Crippen LogP contribution in [-0.4, -0.2) is 60.8 Å². The summed E-state index contributed by atoms with van der Waals surface area (Å²) in [4.78, 5) is 13.6. The van der Waals surface area contributed by atoms with Crippen LogP contribution in [0.25, 0.3) is 21.1 Å². The minimum atomic E-state index is -0.928. The number of aromatic nitrogens is 2. The Hall–Kier alpha value is -2.81. The highest BCUT2D eigenvalue weighted by atomic mass is 32.1. The molecule has 1 aliphatic carbocycles. The molecule has 1 aromatic heterocycles. The van der Waals surface area contributed by atoms with Gasteiger partial charge in [0.2, 0.25) is 0 Å². The van der Waals surface area contributed by atoms with Gasteiger partial charge in [-0.1, -0.05) is 36.3 Å². The van der Waals surface area contributed by atoms with Crippen LogP contribution in [0.5, 0.6) is 0 Å². The first-order chi connectivity index (χ1) is 20.1. The van der Waals surface area contributed by atoms with Crippen LogP contribution in [0.15, 0.2) is 48.5 Å². The molecule has 1 saturated carbocycles. The average Bonchev–Trinajstić information content (AvgIpc) is 3.52. The van der Waals surface area contributed by atoms with E-state index in [0.717, 1.165) is 65.7 Å². The van der Waals surface area contributed by atoms with Gasteiger partial charge in [-0.15, -0.1) is 10.2 Å². The Morgan fingerprint density at radius 3 is 1.95 bits per heavy atom. The molecule has 0 unspecified atom stereocenters. The normalized spacial score (nSPS) is 19.9. The second-order valence-corrected chi connectivity index (χ2v) is 12.5. The highest BCUT2D eigenvalue weighted by Gasteiger charge is 2.30. The zero-order valence-corrected chi connectivity index (χ0v) is 25.0. The molecule has 0 radical (unpaired) electrons. The molecule has 2 heterocycles. The Bertz CT molecular complexity index is 1210. The summed E-state index contributed by atoms with van der Waals surface area (Å²) >= 11 is 1.52. The lowest BCUT2D eigenvalue weighted by atomic mass is 9.75. The zero-order valence-electron chi connectivity index (χ0n) is 24.2. The van der Waals surface area contributed by atoms with Gasteiger partial charge in [0.1, 0.15) is 10.0 Å². The minimum absolute atomic E-state index is 0.270. The van der Waals surface area contributed by atoms with Crippen molar-refractivity contribution in [2.24, 2.45) is 11.8 Å². The fourth-order valence-electron chi connectivity index (χ4n) is 6.33. The Kier molecular flexibility index (Phi) is 10.8. The molecule has 8 heteroatoms. The molecule has 0 amide bonds. The van der Waals surface area contributed by atoms with Crippen LogP contribution in [0.2, 0.25) is 0 Å². The van der Waals surface area contributed by atoms with Crippen molar-refractivity contribution in [3.63, 3.8) is 0 Å². The van der Waals surface area contributed by atoms with Crippen molar-refractivity contribution in [2.45, 2.75) is 70.3 Å².